The quantitative estimate of drug-likeness (QED) is 0.659. The number of hydrogen-bond acceptors (Lipinski definition) is 2. The Hall–Kier alpha value is -1.42. The monoisotopic (exact) mass is 264 g/mol. The predicted octanol–water partition coefficient (Wildman–Crippen LogP) is 3.34. The van der Waals surface area contributed by atoms with Gasteiger partial charge in [0.15, 0.2) is 0 Å². The van der Waals surface area contributed by atoms with Gasteiger partial charge in [0.1, 0.15) is 5.82 Å². The van der Waals surface area contributed by atoms with E-state index in [-0.39, 0.29) is 11.9 Å². The third-order valence-corrected chi connectivity index (χ3v) is 3.26. The number of aryl methyl sites for hydroxylation is 1. The lowest BCUT2D eigenvalue weighted by Crippen LogP contribution is -2.29. The van der Waals surface area contributed by atoms with Gasteiger partial charge < -0.3 is 0 Å². The molecule has 0 radical (unpaired) electrons. The third-order valence-electron chi connectivity index (χ3n) is 2.91. The van der Waals surface area contributed by atoms with Crippen molar-refractivity contribution in [3.05, 3.63) is 70.0 Å². The van der Waals surface area contributed by atoms with Crippen molar-refractivity contribution in [2.24, 2.45) is 5.84 Å². The number of benzene rings is 2. The van der Waals surface area contributed by atoms with E-state index in [1.165, 1.54) is 6.07 Å². The summed E-state index contributed by atoms with van der Waals surface area (Å²) in [4.78, 5) is 0. The Morgan fingerprint density at radius 3 is 2.56 bits per heavy atom. The molecule has 18 heavy (non-hydrogen) atoms. The molecule has 2 aromatic carbocycles. The highest BCUT2D eigenvalue weighted by Gasteiger charge is 2.16. The molecule has 0 heterocycles. The Bertz CT molecular complexity index is 557. The van der Waals surface area contributed by atoms with Crippen molar-refractivity contribution in [1.82, 2.24) is 5.43 Å². The van der Waals surface area contributed by atoms with Gasteiger partial charge in [0.2, 0.25) is 0 Å². The molecule has 94 valence electrons. The number of halogens is 2. The van der Waals surface area contributed by atoms with Crippen LogP contribution in [0.15, 0.2) is 42.5 Å². The van der Waals surface area contributed by atoms with Crippen molar-refractivity contribution in [3.63, 3.8) is 0 Å². The molecule has 2 nitrogen and oxygen atoms in total. The van der Waals surface area contributed by atoms with E-state index in [1.807, 2.05) is 24.3 Å². The van der Waals surface area contributed by atoms with Crippen LogP contribution in [0.4, 0.5) is 4.39 Å². The fraction of sp³-hybridized carbons (Fsp3) is 0.143. The normalized spacial score (nSPS) is 12.4. The number of nitrogens with two attached hydrogens (primary N) is 1. The van der Waals surface area contributed by atoms with Crippen molar-refractivity contribution in [2.75, 3.05) is 0 Å². The molecule has 0 spiro atoms. The van der Waals surface area contributed by atoms with E-state index in [4.69, 9.17) is 17.4 Å². The lowest BCUT2D eigenvalue weighted by atomic mass is 9.98. The average molecular weight is 265 g/mol. The summed E-state index contributed by atoms with van der Waals surface area (Å²) < 4.78 is 13.6. The molecule has 3 N–H and O–H groups in total. The molecule has 0 aliphatic rings. The number of nitrogens with one attached hydrogen (secondary N) is 1. The first-order chi connectivity index (χ1) is 8.63. The number of rotatable bonds is 3. The minimum Gasteiger partial charge on any atom is -0.271 e. The molecule has 0 aromatic heterocycles. The minimum atomic E-state index is -0.325. The fourth-order valence-electron chi connectivity index (χ4n) is 1.86. The molecular weight excluding hydrogens is 251 g/mol. The van der Waals surface area contributed by atoms with Crippen molar-refractivity contribution in [1.29, 1.82) is 0 Å². The van der Waals surface area contributed by atoms with Crippen LogP contribution < -0.4 is 11.3 Å². The summed E-state index contributed by atoms with van der Waals surface area (Å²) in [5.74, 6) is 5.31. The highest BCUT2D eigenvalue weighted by molar-refractivity contribution is 6.31. The van der Waals surface area contributed by atoms with Gasteiger partial charge in [-0.2, -0.15) is 0 Å². The van der Waals surface area contributed by atoms with Crippen LogP contribution in [0.25, 0.3) is 0 Å². The zero-order chi connectivity index (χ0) is 13.1. The zero-order valence-electron chi connectivity index (χ0n) is 9.95. The molecule has 0 amide bonds. The van der Waals surface area contributed by atoms with E-state index in [2.05, 4.69) is 5.43 Å². The summed E-state index contributed by atoms with van der Waals surface area (Å²) in [7, 11) is 0. The SMILES string of the molecule is Cc1ccc(C(NN)c2ccccc2Cl)cc1F. The summed E-state index contributed by atoms with van der Waals surface area (Å²) in [6.07, 6.45) is 0. The lowest BCUT2D eigenvalue weighted by Gasteiger charge is -2.18. The summed E-state index contributed by atoms with van der Waals surface area (Å²) in [5.41, 5.74) is 4.84. The molecule has 0 saturated heterocycles. The van der Waals surface area contributed by atoms with Crippen LogP contribution in [0, 0.1) is 12.7 Å². The van der Waals surface area contributed by atoms with Crippen LogP contribution in [-0.2, 0) is 0 Å². The molecule has 0 saturated carbocycles. The summed E-state index contributed by atoms with van der Waals surface area (Å²) in [5, 5.41) is 0.599. The second-order valence-corrected chi connectivity index (χ2v) is 4.54. The molecule has 2 rings (SSSR count). The Morgan fingerprint density at radius 2 is 1.94 bits per heavy atom. The van der Waals surface area contributed by atoms with Crippen LogP contribution >= 0.6 is 11.6 Å². The van der Waals surface area contributed by atoms with E-state index in [0.717, 1.165) is 11.1 Å². The van der Waals surface area contributed by atoms with Crippen molar-refractivity contribution >= 4 is 11.6 Å². The predicted molar refractivity (Wildman–Crippen MR) is 71.8 cm³/mol. The summed E-state index contributed by atoms with van der Waals surface area (Å²) >= 11 is 6.13. The Labute approximate surface area is 111 Å². The largest absolute Gasteiger partial charge is 0.271 e. The van der Waals surface area contributed by atoms with Gasteiger partial charge in [-0.3, -0.25) is 5.84 Å². The maximum Gasteiger partial charge on any atom is 0.126 e. The molecular formula is C14H14ClFN2. The number of hydrogen-bond donors (Lipinski definition) is 2. The maximum atomic E-state index is 13.6. The second kappa shape index (κ2) is 5.48. The first-order valence-electron chi connectivity index (χ1n) is 5.60. The first kappa shape index (κ1) is 13.0. The molecule has 4 heteroatoms. The Kier molecular flexibility index (Phi) is 3.97. The van der Waals surface area contributed by atoms with Crippen LogP contribution in [0.3, 0.4) is 0 Å². The van der Waals surface area contributed by atoms with Gasteiger partial charge in [-0.25, -0.2) is 9.82 Å². The van der Waals surface area contributed by atoms with Gasteiger partial charge >= 0.3 is 0 Å². The summed E-state index contributed by atoms with van der Waals surface area (Å²) in [6.45, 7) is 1.72. The molecule has 1 unspecified atom stereocenters. The van der Waals surface area contributed by atoms with Gasteiger partial charge in [-0.15, -0.1) is 0 Å². The van der Waals surface area contributed by atoms with Crippen LogP contribution in [0.5, 0.6) is 0 Å². The van der Waals surface area contributed by atoms with Crippen molar-refractivity contribution in [2.45, 2.75) is 13.0 Å². The molecule has 0 aliphatic heterocycles. The molecule has 0 aliphatic carbocycles. The summed E-state index contributed by atoms with van der Waals surface area (Å²) in [6, 6.07) is 12.1. The highest BCUT2D eigenvalue weighted by atomic mass is 35.5. The van der Waals surface area contributed by atoms with Crippen LogP contribution in [-0.4, -0.2) is 0 Å². The fourth-order valence-corrected chi connectivity index (χ4v) is 2.11. The molecule has 1 atom stereocenters. The van der Waals surface area contributed by atoms with Crippen molar-refractivity contribution in [3.8, 4) is 0 Å². The van der Waals surface area contributed by atoms with Gasteiger partial charge in [-0.05, 0) is 35.7 Å². The van der Waals surface area contributed by atoms with Crippen LogP contribution in [0.2, 0.25) is 5.02 Å². The van der Waals surface area contributed by atoms with Crippen LogP contribution in [0.1, 0.15) is 22.7 Å². The van der Waals surface area contributed by atoms with E-state index < -0.39 is 0 Å². The van der Waals surface area contributed by atoms with Gasteiger partial charge in [-0.1, -0.05) is 41.9 Å². The Balaban J connectivity index is 2.45. The van der Waals surface area contributed by atoms with E-state index >= 15 is 0 Å². The van der Waals surface area contributed by atoms with Gasteiger partial charge in [0.05, 0.1) is 6.04 Å². The van der Waals surface area contributed by atoms with Gasteiger partial charge in [0.25, 0.3) is 0 Å². The third kappa shape index (κ3) is 2.53. The van der Waals surface area contributed by atoms with Gasteiger partial charge in [0, 0.05) is 5.02 Å². The van der Waals surface area contributed by atoms with E-state index in [1.54, 1.807) is 19.1 Å². The Morgan fingerprint density at radius 1 is 1.22 bits per heavy atom. The maximum absolute atomic E-state index is 13.6. The second-order valence-electron chi connectivity index (χ2n) is 4.13. The molecule has 0 fully saturated rings. The van der Waals surface area contributed by atoms with Crippen molar-refractivity contribution < 1.29 is 4.39 Å². The molecule has 2 aromatic rings. The highest BCUT2D eigenvalue weighted by Crippen LogP contribution is 2.28. The van der Waals surface area contributed by atoms with E-state index in [0.29, 0.717) is 10.6 Å². The number of hydrazine groups is 1. The smallest absolute Gasteiger partial charge is 0.126 e. The van der Waals surface area contributed by atoms with E-state index in [9.17, 15) is 4.39 Å². The topological polar surface area (TPSA) is 38.0 Å². The lowest BCUT2D eigenvalue weighted by molar-refractivity contribution is 0.599. The minimum absolute atomic E-state index is 0.250. The standard InChI is InChI=1S/C14H14ClFN2/c1-9-6-7-10(8-13(9)16)14(18-17)11-4-2-3-5-12(11)15/h2-8,14,18H,17H2,1H3. The average Bonchev–Trinajstić information content (AvgIpc) is 2.37. The first-order valence-corrected chi connectivity index (χ1v) is 5.98. The zero-order valence-corrected chi connectivity index (χ0v) is 10.7. The molecule has 0 bridgehead atoms.